The molecule has 0 radical (unpaired) electrons. The third kappa shape index (κ3) is 5.58. The number of hydrogen-bond donors (Lipinski definition) is 2. The van der Waals surface area contributed by atoms with Crippen LogP contribution in [0, 0.1) is 0 Å². The number of pyridine rings is 1. The smallest absolute Gasteiger partial charge is 0.265 e. The van der Waals surface area contributed by atoms with E-state index < -0.39 is 20.5 Å². The standard InChI is InChI=1S/C22H28N2O6S.ClH/c1-2-3-4-18-6-5-17(15-23-18)16-30-19-7-9-20(10-8-19)31(27,28)22(21(25)24-26)11-13-29-14-12-22;/h5-10,15,26H,2-4,11-14,16H2,1H3,(H,24,25);1H. The zero-order chi connectivity index (χ0) is 22.3. The molecule has 8 nitrogen and oxygen atoms in total. The van der Waals surface area contributed by atoms with Crippen LogP contribution < -0.4 is 10.2 Å². The molecule has 0 spiro atoms. The first-order valence-corrected chi connectivity index (χ1v) is 11.8. The maximum atomic E-state index is 13.2. The van der Waals surface area contributed by atoms with Crippen molar-refractivity contribution >= 4 is 28.2 Å². The SMILES string of the molecule is CCCCc1ccc(COc2ccc(S(=O)(=O)C3(C(=O)NO)CCOCC3)cc2)cn1.Cl. The second-order valence-corrected chi connectivity index (χ2v) is 9.83. The minimum absolute atomic E-state index is 0. The number of carbonyl (C=O) groups is 1. The summed E-state index contributed by atoms with van der Waals surface area (Å²) >= 11 is 0. The number of benzene rings is 1. The van der Waals surface area contributed by atoms with E-state index >= 15 is 0 Å². The van der Waals surface area contributed by atoms with E-state index in [4.69, 9.17) is 14.7 Å². The van der Waals surface area contributed by atoms with Crippen molar-refractivity contribution in [3.8, 4) is 5.75 Å². The molecule has 0 unspecified atom stereocenters. The Balaban J connectivity index is 0.00000363. The van der Waals surface area contributed by atoms with E-state index in [1.54, 1.807) is 18.3 Å². The molecule has 0 bridgehead atoms. The number of aromatic nitrogens is 1. The quantitative estimate of drug-likeness (QED) is 0.414. The summed E-state index contributed by atoms with van der Waals surface area (Å²) in [6.07, 6.45) is 4.91. The zero-order valence-electron chi connectivity index (χ0n) is 18.0. The Labute approximate surface area is 194 Å². The molecule has 1 aromatic carbocycles. The summed E-state index contributed by atoms with van der Waals surface area (Å²) in [6, 6.07) is 9.90. The Morgan fingerprint density at radius 3 is 2.44 bits per heavy atom. The number of unbranched alkanes of at least 4 members (excludes halogenated alkanes) is 1. The van der Waals surface area contributed by atoms with Crippen molar-refractivity contribution < 1.29 is 27.9 Å². The lowest BCUT2D eigenvalue weighted by Crippen LogP contribution is -2.54. The van der Waals surface area contributed by atoms with Crippen molar-refractivity contribution in [1.29, 1.82) is 0 Å². The molecule has 1 aliphatic rings. The summed E-state index contributed by atoms with van der Waals surface area (Å²) in [5, 5.41) is 9.11. The molecule has 1 aliphatic heterocycles. The molecule has 0 atom stereocenters. The van der Waals surface area contributed by atoms with Gasteiger partial charge in [-0.25, -0.2) is 13.9 Å². The lowest BCUT2D eigenvalue weighted by Gasteiger charge is -2.34. The van der Waals surface area contributed by atoms with Gasteiger partial charge in [0.05, 0.1) is 4.90 Å². The van der Waals surface area contributed by atoms with Gasteiger partial charge >= 0.3 is 0 Å². The monoisotopic (exact) mass is 484 g/mol. The first kappa shape index (κ1) is 26.1. The van der Waals surface area contributed by atoms with Crippen LogP contribution in [0.3, 0.4) is 0 Å². The number of nitrogens with one attached hydrogen (secondary N) is 1. The van der Waals surface area contributed by atoms with E-state index in [0.29, 0.717) is 12.4 Å². The number of amides is 1. The van der Waals surface area contributed by atoms with Crippen LogP contribution in [0.15, 0.2) is 47.5 Å². The van der Waals surface area contributed by atoms with E-state index in [9.17, 15) is 13.2 Å². The van der Waals surface area contributed by atoms with Crippen molar-refractivity contribution in [2.45, 2.75) is 55.3 Å². The highest BCUT2D eigenvalue weighted by molar-refractivity contribution is 7.93. The van der Waals surface area contributed by atoms with Crippen molar-refractivity contribution in [2.24, 2.45) is 0 Å². The molecular weight excluding hydrogens is 456 g/mol. The van der Waals surface area contributed by atoms with Crippen LogP contribution in [0.25, 0.3) is 0 Å². The molecule has 1 saturated heterocycles. The Morgan fingerprint density at radius 2 is 1.88 bits per heavy atom. The number of carbonyl (C=O) groups excluding carboxylic acids is 1. The highest BCUT2D eigenvalue weighted by Crippen LogP contribution is 2.35. The zero-order valence-corrected chi connectivity index (χ0v) is 19.6. The average Bonchev–Trinajstić information content (AvgIpc) is 2.82. The van der Waals surface area contributed by atoms with Gasteiger partial charge in [0.1, 0.15) is 12.4 Å². The van der Waals surface area contributed by atoms with E-state index in [1.165, 1.54) is 17.6 Å². The predicted molar refractivity (Wildman–Crippen MR) is 121 cm³/mol. The van der Waals surface area contributed by atoms with Crippen molar-refractivity contribution in [3.05, 3.63) is 53.9 Å². The molecule has 10 heteroatoms. The molecule has 2 N–H and O–H groups in total. The number of aryl methyl sites for hydroxylation is 1. The van der Waals surface area contributed by atoms with Crippen LogP contribution in [0.4, 0.5) is 0 Å². The molecule has 2 aromatic rings. The van der Waals surface area contributed by atoms with Gasteiger partial charge in [0, 0.05) is 30.7 Å². The first-order chi connectivity index (χ1) is 14.9. The van der Waals surface area contributed by atoms with Crippen LogP contribution in [-0.4, -0.2) is 42.5 Å². The lowest BCUT2D eigenvalue weighted by molar-refractivity contribution is -0.134. The number of halogens is 1. The van der Waals surface area contributed by atoms with Gasteiger partial charge in [-0.3, -0.25) is 15.0 Å². The second kappa shape index (κ2) is 11.6. The van der Waals surface area contributed by atoms with Gasteiger partial charge in [0.2, 0.25) is 0 Å². The summed E-state index contributed by atoms with van der Waals surface area (Å²) in [7, 11) is -4.05. The summed E-state index contributed by atoms with van der Waals surface area (Å²) in [5.74, 6) is -0.437. The largest absolute Gasteiger partial charge is 0.489 e. The van der Waals surface area contributed by atoms with E-state index in [1.807, 2.05) is 12.1 Å². The Bertz CT molecular complexity index is 974. The lowest BCUT2D eigenvalue weighted by atomic mass is 9.98. The Kier molecular flexibility index (Phi) is 9.45. The van der Waals surface area contributed by atoms with Gasteiger partial charge in [-0.15, -0.1) is 12.4 Å². The van der Waals surface area contributed by atoms with Gasteiger partial charge in [-0.1, -0.05) is 19.4 Å². The highest BCUT2D eigenvalue weighted by atomic mass is 35.5. The third-order valence-corrected chi connectivity index (χ3v) is 8.06. The van der Waals surface area contributed by atoms with E-state index in [0.717, 1.165) is 30.5 Å². The third-order valence-electron chi connectivity index (χ3n) is 5.54. The average molecular weight is 485 g/mol. The minimum atomic E-state index is -4.05. The van der Waals surface area contributed by atoms with Crippen LogP contribution in [-0.2, 0) is 32.4 Å². The summed E-state index contributed by atoms with van der Waals surface area (Å²) in [4.78, 5) is 16.7. The van der Waals surface area contributed by atoms with Crippen LogP contribution >= 0.6 is 12.4 Å². The molecule has 3 rings (SSSR count). The molecule has 2 heterocycles. The topological polar surface area (TPSA) is 115 Å². The maximum Gasteiger partial charge on any atom is 0.265 e. The van der Waals surface area contributed by atoms with Crippen LogP contribution in [0.1, 0.15) is 43.9 Å². The normalized spacial score (nSPS) is 15.4. The molecular formula is C22H29ClN2O6S. The van der Waals surface area contributed by atoms with Crippen molar-refractivity contribution in [1.82, 2.24) is 10.5 Å². The number of rotatable bonds is 9. The Hall–Kier alpha value is -2.20. The fourth-order valence-corrected chi connectivity index (χ4v) is 5.51. The van der Waals surface area contributed by atoms with Gasteiger partial charge in [-0.05, 0) is 56.0 Å². The van der Waals surface area contributed by atoms with Gasteiger partial charge < -0.3 is 9.47 Å². The van der Waals surface area contributed by atoms with Crippen molar-refractivity contribution in [2.75, 3.05) is 13.2 Å². The van der Waals surface area contributed by atoms with Gasteiger partial charge in [0.15, 0.2) is 14.6 Å². The van der Waals surface area contributed by atoms with Gasteiger partial charge in [-0.2, -0.15) is 0 Å². The number of sulfone groups is 1. The van der Waals surface area contributed by atoms with E-state index in [2.05, 4.69) is 11.9 Å². The van der Waals surface area contributed by atoms with Gasteiger partial charge in [0.25, 0.3) is 5.91 Å². The fourth-order valence-electron chi connectivity index (χ4n) is 3.57. The molecule has 1 aromatic heterocycles. The summed E-state index contributed by atoms with van der Waals surface area (Å²) < 4.78 is 35.7. The molecule has 32 heavy (non-hydrogen) atoms. The minimum Gasteiger partial charge on any atom is -0.489 e. The molecule has 0 aliphatic carbocycles. The number of hydrogen-bond acceptors (Lipinski definition) is 7. The first-order valence-electron chi connectivity index (χ1n) is 10.4. The fraction of sp³-hybridized carbons (Fsp3) is 0.455. The summed E-state index contributed by atoms with van der Waals surface area (Å²) in [5.41, 5.74) is 3.48. The van der Waals surface area contributed by atoms with Crippen LogP contribution in [0.2, 0.25) is 0 Å². The summed E-state index contributed by atoms with van der Waals surface area (Å²) in [6.45, 7) is 2.70. The maximum absolute atomic E-state index is 13.2. The predicted octanol–water partition coefficient (Wildman–Crippen LogP) is 3.25. The van der Waals surface area contributed by atoms with Crippen molar-refractivity contribution in [3.63, 3.8) is 0 Å². The van der Waals surface area contributed by atoms with Crippen LogP contribution in [0.5, 0.6) is 5.75 Å². The van der Waals surface area contributed by atoms with E-state index in [-0.39, 0.29) is 43.4 Å². The Morgan fingerprint density at radius 1 is 1.19 bits per heavy atom. The number of hydroxylamine groups is 1. The second-order valence-electron chi connectivity index (χ2n) is 7.57. The molecule has 0 saturated carbocycles. The number of ether oxygens (including phenoxy) is 2. The highest BCUT2D eigenvalue weighted by Gasteiger charge is 2.52. The number of nitrogens with zero attached hydrogens (tertiary/aromatic N) is 1. The molecule has 176 valence electrons. The molecule has 1 fully saturated rings. The molecule has 1 amide bonds.